The summed E-state index contributed by atoms with van der Waals surface area (Å²) in [6, 6.07) is 5.02. The summed E-state index contributed by atoms with van der Waals surface area (Å²) in [7, 11) is 0. The van der Waals surface area contributed by atoms with Crippen LogP contribution in [0.2, 0.25) is 0 Å². The molecule has 2 N–H and O–H groups in total. The average molecular weight is 476 g/mol. The highest BCUT2D eigenvalue weighted by atomic mass is 32.1. The van der Waals surface area contributed by atoms with Crippen molar-refractivity contribution in [3.8, 4) is 12.3 Å². The summed E-state index contributed by atoms with van der Waals surface area (Å²) in [5.41, 5.74) is 0.592. The van der Waals surface area contributed by atoms with E-state index in [0.717, 1.165) is 6.42 Å². The molecule has 0 bridgehead atoms. The maximum Gasteiger partial charge on any atom is 0.408 e. The maximum absolute atomic E-state index is 13.6. The van der Waals surface area contributed by atoms with Crippen LogP contribution in [0.5, 0.6) is 0 Å². The van der Waals surface area contributed by atoms with Crippen molar-refractivity contribution in [2.45, 2.75) is 78.1 Å². The van der Waals surface area contributed by atoms with Gasteiger partial charge in [0.1, 0.15) is 17.7 Å². The zero-order valence-electron chi connectivity index (χ0n) is 20.5. The highest BCUT2D eigenvalue weighted by Gasteiger charge is 2.35. The number of carbonyl (C=O) groups is 3. The van der Waals surface area contributed by atoms with Gasteiger partial charge in [-0.2, -0.15) is 12.6 Å². The molecule has 0 saturated carbocycles. The van der Waals surface area contributed by atoms with Gasteiger partial charge in [0.2, 0.25) is 11.8 Å². The molecule has 0 radical (unpaired) electrons. The van der Waals surface area contributed by atoms with Crippen molar-refractivity contribution in [3.63, 3.8) is 0 Å². The standard InChI is InChI=1S/C25H37N3O4S/c1-8-10-15-28(23(30)20(16-33)27-24(31)32-25(5,6)7)21(22(29)26-17(3)4)19-13-11-18(9-2)12-14-19/h2,11-14,17,20-21,33H,8,10,15-16H2,1,3-7H3,(H,26,29)(H,27,31). The molecular formula is C25H37N3O4S. The van der Waals surface area contributed by atoms with E-state index in [1.165, 1.54) is 4.90 Å². The molecule has 2 atom stereocenters. The number of benzene rings is 1. The van der Waals surface area contributed by atoms with Gasteiger partial charge in [-0.25, -0.2) is 4.79 Å². The highest BCUT2D eigenvalue weighted by Crippen LogP contribution is 2.24. The second kappa shape index (κ2) is 13.1. The number of ether oxygens (including phenoxy) is 1. The summed E-state index contributed by atoms with van der Waals surface area (Å²) >= 11 is 4.28. The lowest BCUT2D eigenvalue weighted by atomic mass is 10.0. The van der Waals surface area contributed by atoms with E-state index in [-0.39, 0.29) is 17.7 Å². The molecule has 0 heterocycles. The fraction of sp³-hybridized carbons (Fsp3) is 0.560. The minimum absolute atomic E-state index is 0.0508. The third-order valence-electron chi connectivity index (χ3n) is 4.59. The summed E-state index contributed by atoms with van der Waals surface area (Å²) in [4.78, 5) is 40.7. The lowest BCUT2D eigenvalue weighted by molar-refractivity contribution is -0.142. The van der Waals surface area contributed by atoms with Gasteiger partial charge in [-0.15, -0.1) is 6.42 Å². The zero-order chi connectivity index (χ0) is 25.2. The molecule has 1 aromatic carbocycles. The Labute approximate surface area is 203 Å². The maximum atomic E-state index is 13.6. The average Bonchev–Trinajstić information content (AvgIpc) is 2.72. The normalized spacial score (nSPS) is 12.9. The van der Waals surface area contributed by atoms with Crippen LogP contribution >= 0.6 is 12.6 Å². The number of alkyl carbamates (subject to hydrolysis) is 1. The van der Waals surface area contributed by atoms with Crippen LogP contribution in [-0.4, -0.2) is 52.8 Å². The molecule has 2 unspecified atom stereocenters. The topological polar surface area (TPSA) is 87.7 Å². The molecule has 3 amide bonds. The Bertz CT molecular complexity index is 841. The third kappa shape index (κ3) is 9.39. The number of nitrogens with zero attached hydrogens (tertiary/aromatic N) is 1. The summed E-state index contributed by atoms with van der Waals surface area (Å²) in [6.07, 6.45) is 6.26. The zero-order valence-corrected chi connectivity index (χ0v) is 21.4. The van der Waals surface area contributed by atoms with Gasteiger partial charge < -0.3 is 20.3 Å². The number of amides is 3. The van der Waals surface area contributed by atoms with Crippen LogP contribution in [0.25, 0.3) is 0 Å². The van der Waals surface area contributed by atoms with Gasteiger partial charge in [0.25, 0.3) is 0 Å². The molecule has 7 nitrogen and oxygen atoms in total. The van der Waals surface area contributed by atoms with Crippen molar-refractivity contribution in [2.75, 3.05) is 12.3 Å². The van der Waals surface area contributed by atoms with Gasteiger partial charge in [-0.1, -0.05) is 31.4 Å². The van der Waals surface area contributed by atoms with Gasteiger partial charge in [-0.3, -0.25) is 9.59 Å². The predicted molar refractivity (Wildman–Crippen MR) is 134 cm³/mol. The minimum Gasteiger partial charge on any atom is -0.444 e. The van der Waals surface area contributed by atoms with Gasteiger partial charge in [0, 0.05) is 23.9 Å². The molecular weight excluding hydrogens is 438 g/mol. The van der Waals surface area contributed by atoms with Crippen LogP contribution in [0.4, 0.5) is 4.79 Å². The Kier molecular flexibility index (Phi) is 11.3. The molecule has 1 aromatic rings. The first-order valence-corrected chi connectivity index (χ1v) is 11.8. The van der Waals surface area contributed by atoms with Gasteiger partial charge >= 0.3 is 6.09 Å². The van der Waals surface area contributed by atoms with Crippen LogP contribution in [0.15, 0.2) is 24.3 Å². The predicted octanol–water partition coefficient (Wildman–Crippen LogP) is 3.69. The lowest BCUT2D eigenvalue weighted by Crippen LogP contribution is -2.54. The van der Waals surface area contributed by atoms with Crippen LogP contribution in [0.1, 0.15) is 71.6 Å². The van der Waals surface area contributed by atoms with Gasteiger partial charge in [-0.05, 0) is 58.7 Å². The molecule has 33 heavy (non-hydrogen) atoms. The largest absolute Gasteiger partial charge is 0.444 e. The van der Waals surface area contributed by atoms with Gasteiger partial charge in [0.15, 0.2) is 0 Å². The van der Waals surface area contributed by atoms with E-state index in [9.17, 15) is 14.4 Å². The molecule has 0 spiro atoms. The van der Waals surface area contributed by atoms with E-state index in [2.05, 4.69) is 29.2 Å². The monoisotopic (exact) mass is 475 g/mol. The van der Waals surface area contributed by atoms with Crippen molar-refractivity contribution in [1.82, 2.24) is 15.5 Å². The number of hydrogen-bond acceptors (Lipinski definition) is 5. The summed E-state index contributed by atoms with van der Waals surface area (Å²) in [5, 5.41) is 5.50. The molecule has 0 fully saturated rings. The molecule has 1 rings (SSSR count). The van der Waals surface area contributed by atoms with E-state index < -0.39 is 29.7 Å². The summed E-state index contributed by atoms with van der Waals surface area (Å²) in [6.45, 7) is 11.3. The molecule has 0 aliphatic carbocycles. The lowest BCUT2D eigenvalue weighted by Gasteiger charge is -2.34. The fourth-order valence-corrected chi connectivity index (χ4v) is 3.38. The summed E-state index contributed by atoms with van der Waals surface area (Å²) < 4.78 is 5.30. The van der Waals surface area contributed by atoms with Crippen molar-refractivity contribution in [1.29, 1.82) is 0 Å². The van der Waals surface area contributed by atoms with Crippen LogP contribution in [-0.2, 0) is 14.3 Å². The summed E-state index contributed by atoms with van der Waals surface area (Å²) in [5.74, 6) is 1.89. The first-order chi connectivity index (χ1) is 15.4. The number of carbonyl (C=O) groups excluding carboxylic acids is 3. The first kappa shape index (κ1) is 28.4. The first-order valence-electron chi connectivity index (χ1n) is 11.2. The molecule has 182 valence electrons. The van der Waals surface area contributed by atoms with E-state index in [0.29, 0.717) is 24.1 Å². The molecule has 0 saturated heterocycles. The molecule has 0 aliphatic rings. The second-order valence-corrected chi connectivity index (χ2v) is 9.46. The van der Waals surface area contributed by atoms with E-state index >= 15 is 0 Å². The number of nitrogens with one attached hydrogen (secondary N) is 2. The fourth-order valence-electron chi connectivity index (χ4n) is 3.13. The van der Waals surface area contributed by atoms with Crippen LogP contribution in [0, 0.1) is 12.3 Å². The highest BCUT2D eigenvalue weighted by molar-refractivity contribution is 7.80. The Morgan fingerprint density at radius 2 is 1.76 bits per heavy atom. The quantitative estimate of drug-likeness (QED) is 0.356. The van der Waals surface area contributed by atoms with E-state index in [1.54, 1.807) is 45.0 Å². The second-order valence-electron chi connectivity index (χ2n) is 9.10. The number of thiol groups is 1. The van der Waals surface area contributed by atoms with Crippen molar-refractivity contribution in [3.05, 3.63) is 35.4 Å². The Hall–Kier alpha value is -2.66. The smallest absolute Gasteiger partial charge is 0.408 e. The number of hydrogen-bond donors (Lipinski definition) is 3. The van der Waals surface area contributed by atoms with Crippen molar-refractivity contribution >= 4 is 30.5 Å². The third-order valence-corrected chi connectivity index (χ3v) is 4.96. The van der Waals surface area contributed by atoms with Crippen molar-refractivity contribution < 1.29 is 19.1 Å². The number of unbranched alkanes of at least 4 members (excludes halogenated alkanes) is 1. The Balaban J connectivity index is 3.36. The Morgan fingerprint density at radius 3 is 2.21 bits per heavy atom. The molecule has 8 heteroatoms. The van der Waals surface area contributed by atoms with E-state index in [4.69, 9.17) is 11.2 Å². The van der Waals surface area contributed by atoms with Crippen LogP contribution < -0.4 is 10.6 Å². The SMILES string of the molecule is C#Cc1ccc(C(C(=O)NC(C)C)N(CCCC)C(=O)C(CS)NC(=O)OC(C)(C)C)cc1. The Morgan fingerprint density at radius 1 is 1.15 bits per heavy atom. The van der Waals surface area contributed by atoms with E-state index in [1.807, 2.05) is 20.8 Å². The van der Waals surface area contributed by atoms with Crippen LogP contribution in [0.3, 0.4) is 0 Å². The van der Waals surface area contributed by atoms with Gasteiger partial charge in [0.05, 0.1) is 0 Å². The van der Waals surface area contributed by atoms with Crippen molar-refractivity contribution in [2.24, 2.45) is 0 Å². The number of rotatable bonds is 10. The molecule has 0 aromatic heterocycles. The number of terminal acetylenes is 1. The minimum atomic E-state index is -0.959. The molecule has 0 aliphatic heterocycles.